The number of allylic oxidation sites excluding steroid dienone is 1. The fourth-order valence-electron chi connectivity index (χ4n) is 1.31. The summed E-state index contributed by atoms with van der Waals surface area (Å²) in [5.74, 6) is -0.280. The molecule has 0 spiro atoms. The van der Waals surface area contributed by atoms with Gasteiger partial charge in [-0.25, -0.2) is 4.39 Å². The second-order valence-electron chi connectivity index (χ2n) is 3.54. The minimum atomic E-state index is -0.280. The molecule has 0 aliphatic carbocycles. The molecule has 1 nitrogen and oxygen atoms in total. The zero-order valence-corrected chi connectivity index (χ0v) is 9.52. The van der Waals surface area contributed by atoms with Gasteiger partial charge in [0.25, 0.3) is 0 Å². The van der Waals surface area contributed by atoms with Crippen molar-refractivity contribution in [2.45, 2.75) is 25.8 Å². The molecule has 0 amide bonds. The Balaban J connectivity index is 2.62. The highest BCUT2D eigenvalue weighted by Crippen LogP contribution is 2.23. The molecule has 1 unspecified atom stereocenters. The van der Waals surface area contributed by atoms with E-state index < -0.39 is 0 Å². The van der Waals surface area contributed by atoms with Gasteiger partial charge in [0.1, 0.15) is 5.82 Å². The first-order chi connectivity index (χ1) is 7.13. The van der Waals surface area contributed by atoms with Crippen molar-refractivity contribution in [3.63, 3.8) is 0 Å². The lowest BCUT2D eigenvalue weighted by Gasteiger charge is -2.15. The molecule has 0 fully saturated rings. The van der Waals surface area contributed by atoms with Crippen molar-refractivity contribution in [3.05, 3.63) is 41.7 Å². The van der Waals surface area contributed by atoms with Gasteiger partial charge in [0.2, 0.25) is 0 Å². The molecule has 82 valence electrons. The van der Waals surface area contributed by atoms with Crippen molar-refractivity contribution in [2.24, 2.45) is 0 Å². The maximum Gasteiger partial charge on any atom is 0.125 e. The number of rotatable bonds is 5. The van der Waals surface area contributed by atoms with Crippen molar-refractivity contribution in [1.29, 1.82) is 0 Å². The molecular formula is C12H15ClFN. The largest absolute Gasteiger partial charge is 0.381 e. The summed E-state index contributed by atoms with van der Waals surface area (Å²) in [7, 11) is 0. The van der Waals surface area contributed by atoms with E-state index in [1.165, 1.54) is 12.1 Å². The van der Waals surface area contributed by atoms with Crippen molar-refractivity contribution >= 4 is 17.3 Å². The standard InChI is InChI=1S/C12H15ClFN/c1-3-4-5-9(2)15-12-8-10(14)6-7-11(12)13/h3,6-9,15H,1,4-5H2,2H3. The maximum absolute atomic E-state index is 12.9. The number of hydrogen-bond acceptors (Lipinski definition) is 1. The summed E-state index contributed by atoms with van der Waals surface area (Å²) < 4.78 is 12.9. The number of anilines is 1. The number of hydrogen-bond donors (Lipinski definition) is 1. The third-order valence-corrected chi connectivity index (χ3v) is 2.46. The first-order valence-electron chi connectivity index (χ1n) is 4.96. The quantitative estimate of drug-likeness (QED) is 0.742. The van der Waals surface area contributed by atoms with E-state index >= 15 is 0 Å². The van der Waals surface area contributed by atoms with Crippen LogP contribution in [0.1, 0.15) is 19.8 Å². The average Bonchev–Trinajstić information content (AvgIpc) is 2.20. The van der Waals surface area contributed by atoms with Gasteiger partial charge >= 0.3 is 0 Å². The van der Waals surface area contributed by atoms with E-state index in [-0.39, 0.29) is 11.9 Å². The normalized spacial score (nSPS) is 12.2. The SMILES string of the molecule is C=CCCC(C)Nc1cc(F)ccc1Cl. The molecule has 1 aromatic rings. The lowest BCUT2D eigenvalue weighted by atomic mass is 10.1. The zero-order valence-electron chi connectivity index (χ0n) is 8.76. The second kappa shape index (κ2) is 5.76. The van der Waals surface area contributed by atoms with E-state index in [1.807, 2.05) is 13.0 Å². The fourth-order valence-corrected chi connectivity index (χ4v) is 1.49. The van der Waals surface area contributed by atoms with Gasteiger partial charge in [-0.1, -0.05) is 17.7 Å². The molecule has 1 rings (SSSR count). The second-order valence-corrected chi connectivity index (χ2v) is 3.94. The molecule has 0 saturated heterocycles. The van der Waals surface area contributed by atoms with Crippen LogP contribution in [-0.2, 0) is 0 Å². The summed E-state index contributed by atoms with van der Waals surface area (Å²) in [5, 5.41) is 3.71. The van der Waals surface area contributed by atoms with E-state index in [0.29, 0.717) is 10.7 Å². The summed E-state index contributed by atoms with van der Waals surface area (Å²) in [6.07, 6.45) is 3.75. The summed E-state index contributed by atoms with van der Waals surface area (Å²) in [6, 6.07) is 4.57. The molecule has 1 atom stereocenters. The minimum Gasteiger partial charge on any atom is -0.381 e. The van der Waals surface area contributed by atoms with Gasteiger partial charge in [-0.05, 0) is 38.0 Å². The summed E-state index contributed by atoms with van der Waals surface area (Å²) in [6.45, 7) is 5.69. The van der Waals surface area contributed by atoms with Gasteiger partial charge in [-0.15, -0.1) is 6.58 Å². The van der Waals surface area contributed by atoms with Crippen molar-refractivity contribution in [1.82, 2.24) is 0 Å². The monoisotopic (exact) mass is 227 g/mol. The molecule has 0 aromatic heterocycles. The van der Waals surface area contributed by atoms with Crippen LogP contribution in [0.4, 0.5) is 10.1 Å². The molecule has 0 saturated carbocycles. The molecule has 1 aromatic carbocycles. The zero-order chi connectivity index (χ0) is 11.3. The molecular weight excluding hydrogens is 213 g/mol. The van der Waals surface area contributed by atoms with E-state index in [4.69, 9.17) is 11.6 Å². The third-order valence-electron chi connectivity index (χ3n) is 2.13. The van der Waals surface area contributed by atoms with Crippen molar-refractivity contribution < 1.29 is 4.39 Å². The molecule has 0 radical (unpaired) electrons. The molecule has 0 aliphatic rings. The van der Waals surface area contributed by atoms with E-state index in [1.54, 1.807) is 6.07 Å². The summed E-state index contributed by atoms with van der Waals surface area (Å²) in [4.78, 5) is 0. The maximum atomic E-state index is 12.9. The van der Waals surface area contributed by atoms with Gasteiger partial charge in [-0.3, -0.25) is 0 Å². The Hall–Kier alpha value is -1.02. The summed E-state index contributed by atoms with van der Waals surface area (Å²) in [5.41, 5.74) is 0.647. The van der Waals surface area contributed by atoms with Crippen LogP contribution in [0.25, 0.3) is 0 Å². The lowest BCUT2D eigenvalue weighted by molar-refractivity contribution is 0.627. The van der Waals surface area contributed by atoms with E-state index in [2.05, 4.69) is 11.9 Å². The molecule has 3 heteroatoms. The van der Waals surface area contributed by atoms with Crippen LogP contribution in [-0.4, -0.2) is 6.04 Å². The highest BCUT2D eigenvalue weighted by atomic mass is 35.5. The third kappa shape index (κ3) is 3.92. The Morgan fingerprint density at radius 1 is 1.60 bits per heavy atom. The van der Waals surface area contributed by atoms with Crippen molar-refractivity contribution in [2.75, 3.05) is 5.32 Å². The molecule has 1 N–H and O–H groups in total. The average molecular weight is 228 g/mol. The molecule has 0 aliphatic heterocycles. The Morgan fingerprint density at radius 3 is 3.00 bits per heavy atom. The number of nitrogens with one attached hydrogen (secondary N) is 1. The highest BCUT2D eigenvalue weighted by Gasteiger charge is 2.05. The minimum absolute atomic E-state index is 0.252. The predicted molar refractivity (Wildman–Crippen MR) is 63.9 cm³/mol. The van der Waals surface area contributed by atoms with Crippen LogP contribution in [0.5, 0.6) is 0 Å². The number of benzene rings is 1. The first-order valence-corrected chi connectivity index (χ1v) is 5.33. The van der Waals surface area contributed by atoms with Gasteiger partial charge < -0.3 is 5.32 Å². The Labute approximate surface area is 95.0 Å². The smallest absolute Gasteiger partial charge is 0.125 e. The van der Waals surface area contributed by atoms with Crippen LogP contribution in [0, 0.1) is 5.82 Å². The van der Waals surface area contributed by atoms with E-state index in [9.17, 15) is 4.39 Å². The Bertz CT molecular complexity index is 338. The topological polar surface area (TPSA) is 12.0 Å². The Kier molecular flexibility index (Phi) is 4.63. The van der Waals surface area contributed by atoms with Crippen LogP contribution >= 0.6 is 11.6 Å². The van der Waals surface area contributed by atoms with E-state index in [0.717, 1.165) is 12.8 Å². The molecule has 15 heavy (non-hydrogen) atoms. The van der Waals surface area contributed by atoms with Gasteiger partial charge in [0.05, 0.1) is 10.7 Å². The summed E-state index contributed by atoms with van der Waals surface area (Å²) >= 11 is 5.93. The molecule has 0 heterocycles. The highest BCUT2D eigenvalue weighted by molar-refractivity contribution is 6.33. The predicted octanol–water partition coefficient (Wildman–Crippen LogP) is 4.25. The van der Waals surface area contributed by atoms with Crippen LogP contribution in [0.2, 0.25) is 5.02 Å². The molecule has 0 bridgehead atoms. The lowest BCUT2D eigenvalue weighted by Crippen LogP contribution is -2.14. The van der Waals surface area contributed by atoms with Gasteiger partial charge in [-0.2, -0.15) is 0 Å². The van der Waals surface area contributed by atoms with Gasteiger partial charge in [0.15, 0.2) is 0 Å². The van der Waals surface area contributed by atoms with Crippen LogP contribution < -0.4 is 5.32 Å². The fraction of sp³-hybridized carbons (Fsp3) is 0.333. The number of halogens is 2. The first kappa shape index (κ1) is 12.1. The van der Waals surface area contributed by atoms with Crippen LogP contribution in [0.15, 0.2) is 30.9 Å². The Morgan fingerprint density at radius 2 is 2.33 bits per heavy atom. The van der Waals surface area contributed by atoms with Gasteiger partial charge in [0, 0.05) is 6.04 Å². The van der Waals surface area contributed by atoms with Crippen LogP contribution in [0.3, 0.4) is 0 Å². The van der Waals surface area contributed by atoms with Crippen molar-refractivity contribution in [3.8, 4) is 0 Å².